The van der Waals surface area contributed by atoms with Gasteiger partial charge in [-0.3, -0.25) is 9.79 Å². The molecule has 0 aliphatic heterocycles. The molecule has 0 radical (unpaired) electrons. The highest BCUT2D eigenvalue weighted by Gasteiger charge is 2.23. The lowest BCUT2D eigenvalue weighted by Gasteiger charge is -2.22. The van der Waals surface area contributed by atoms with E-state index in [9.17, 15) is 4.79 Å². The predicted molar refractivity (Wildman–Crippen MR) is 99.8 cm³/mol. The number of amides is 1. The molecule has 0 unspecified atom stereocenters. The Morgan fingerprint density at radius 2 is 2.23 bits per heavy atom. The molecule has 6 nitrogen and oxygen atoms in total. The minimum atomic E-state index is 0. The van der Waals surface area contributed by atoms with Gasteiger partial charge in [0.1, 0.15) is 0 Å². The largest absolute Gasteiger partial charge is 0.352 e. The van der Waals surface area contributed by atoms with Gasteiger partial charge in [-0.05, 0) is 18.9 Å². The molecule has 8 heteroatoms. The first kappa shape index (κ1) is 19.1. The maximum atomic E-state index is 11.7. The molecule has 1 fully saturated rings. The molecule has 0 aromatic carbocycles. The lowest BCUT2D eigenvalue weighted by atomic mass is 10.4. The molecular formula is C14H23ClIN5O. The van der Waals surface area contributed by atoms with Crippen LogP contribution < -0.4 is 10.6 Å². The molecule has 1 aliphatic rings. The summed E-state index contributed by atoms with van der Waals surface area (Å²) in [4.78, 5) is 17.8. The molecule has 1 aliphatic carbocycles. The van der Waals surface area contributed by atoms with Crippen molar-refractivity contribution in [2.24, 2.45) is 12.0 Å². The van der Waals surface area contributed by atoms with E-state index in [2.05, 4.69) is 15.6 Å². The Morgan fingerprint density at radius 3 is 2.73 bits per heavy atom. The van der Waals surface area contributed by atoms with Gasteiger partial charge in [0.25, 0.3) is 0 Å². The highest BCUT2D eigenvalue weighted by atomic mass is 127. The zero-order valence-corrected chi connectivity index (χ0v) is 16.2. The standard InChI is InChI=1S/C14H22ClN5O.HI/c1-16-14(17-7-13(21)18-11-4-5-11)20(3)9-12-6-10(15)8-19(12)2;/h6,8,11H,4-5,7,9H2,1-3H3,(H,16,17)(H,18,21);1H. The summed E-state index contributed by atoms with van der Waals surface area (Å²) in [5, 5.41) is 6.72. The van der Waals surface area contributed by atoms with Crippen LogP contribution in [0.3, 0.4) is 0 Å². The molecule has 1 heterocycles. The first-order valence-corrected chi connectivity index (χ1v) is 7.39. The Bertz CT molecular complexity index is 541. The average molecular weight is 440 g/mol. The van der Waals surface area contributed by atoms with Gasteiger partial charge < -0.3 is 20.1 Å². The monoisotopic (exact) mass is 439 g/mol. The summed E-state index contributed by atoms with van der Waals surface area (Å²) in [5.74, 6) is 0.687. The van der Waals surface area contributed by atoms with Crippen LogP contribution in [-0.4, -0.2) is 48.0 Å². The van der Waals surface area contributed by atoms with Crippen molar-refractivity contribution in [1.82, 2.24) is 20.1 Å². The molecule has 0 saturated heterocycles. The van der Waals surface area contributed by atoms with Gasteiger partial charge in [-0.2, -0.15) is 0 Å². The van der Waals surface area contributed by atoms with Gasteiger partial charge in [0.15, 0.2) is 5.96 Å². The van der Waals surface area contributed by atoms with Crippen LogP contribution in [0.15, 0.2) is 17.3 Å². The van der Waals surface area contributed by atoms with Crippen molar-refractivity contribution in [2.75, 3.05) is 20.6 Å². The van der Waals surface area contributed by atoms with Crippen molar-refractivity contribution >= 4 is 47.4 Å². The predicted octanol–water partition coefficient (Wildman–Crippen LogP) is 1.58. The number of carbonyl (C=O) groups excluding carboxylic acids is 1. The Balaban J connectivity index is 0.00000242. The summed E-state index contributed by atoms with van der Waals surface area (Å²) < 4.78 is 1.98. The number of aliphatic imine (C=N–C) groups is 1. The van der Waals surface area contributed by atoms with Crippen LogP contribution in [0.4, 0.5) is 0 Å². The van der Waals surface area contributed by atoms with E-state index < -0.39 is 0 Å². The first-order valence-electron chi connectivity index (χ1n) is 7.01. The molecule has 1 amide bonds. The van der Waals surface area contributed by atoms with Crippen LogP contribution in [0, 0.1) is 0 Å². The van der Waals surface area contributed by atoms with Gasteiger partial charge in [0, 0.05) is 39.1 Å². The van der Waals surface area contributed by atoms with E-state index in [1.54, 1.807) is 7.05 Å². The Labute approximate surface area is 153 Å². The number of hydrogen-bond acceptors (Lipinski definition) is 2. The second-order valence-electron chi connectivity index (χ2n) is 5.36. The number of nitrogens with one attached hydrogen (secondary N) is 2. The summed E-state index contributed by atoms with van der Waals surface area (Å²) in [6, 6.07) is 2.30. The van der Waals surface area contributed by atoms with E-state index in [0.29, 0.717) is 23.6 Å². The summed E-state index contributed by atoms with van der Waals surface area (Å²) in [5.41, 5.74) is 1.08. The molecule has 2 N–H and O–H groups in total. The number of halogens is 2. The van der Waals surface area contributed by atoms with E-state index in [4.69, 9.17) is 11.6 Å². The maximum absolute atomic E-state index is 11.7. The minimum absolute atomic E-state index is 0. The van der Waals surface area contributed by atoms with Crippen molar-refractivity contribution in [1.29, 1.82) is 0 Å². The Hall–Kier alpha value is -0.960. The Kier molecular flexibility index (Phi) is 7.47. The smallest absolute Gasteiger partial charge is 0.239 e. The molecule has 22 heavy (non-hydrogen) atoms. The van der Waals surface area contributed by atoms with Gasteiger partial charge in [-0.1, -0.05) is 11.6 Å². The number of hydrogen-bond donors (Lipinski definition) is 2. The van der Waals surface area contributed by atoms with Crippen molar-refractivity contribution in [3.05, 3.63) is 23.0 Å². The fraction of sp³-hybridized carbons (Fsp3) is 0.571. The van der Waals surface area contributed by atoms with Crippen LogP contribution in [0.25, 0.3) is 0 Å². The molecule has 1 saturated carbocycles. The molecule has 0 atom stereocenters. The number of aryl methyl sites for hydroxylation is 1. The van der Waals surface area contributed by atoms with Gasteiger partial charge >= 0.3 is 0 Å². The lowest BCUT2D eigenvalue weighted by Crippen LogP contribution is -2.44. The van der Waals surface area contributed by atoms with Crippen molar-refractivity contribution < 1.29 is 4.79 Å². The molecular weight excluding hydrogens is 417 g/mol. The SMILES string of the molecule is CN=C(NCC(=O)NC1CC1)N(C)Cc1cc(Cl)cn1C.I. The quantitative estimate of drug-likeness (QED) is 0.416. The maximum Gasteiger partial charge on any atom is 0.239 e. The van der Waals surface area contributed by atoms with E-state index >= 15 is 0 Å². The fourth-order valence-corrected chi connectivity index (χ4v) is 2.36. The van der Waals surface area contributed by atoms with Crippen molar-refractivity contribution in [3.63, 3.8) is 0 Å². The molecule has 124 valence electrons. The second-order valence-corrected chi connectivity index (χ2v) is 5.80. The van der Waals surface area contributed by atoms with Crippen LogP contribution in [0.1, 0.15) is 18.5 Å². The van der Waals surface area contributed by atoms with Gasteiger partial charge in [-0.25, -0.2) is 0 Å². The van der Waals surface area contributed by atoms with Crippen molar-refractivity contribution in [2.45, 2.75) is 25.4 Å². The number of nitrogens with zero attached hydrogens (tertiary/aromatic N) is 3. The number of carbonyl (C=O) groups is 1. The third kappa shape index (κ3) is 5.68. The molecule has 1 aromatic rings. The van der Waals surface area contributed by atoms with Gasteiger partial charge in [0.2, 0.25) is 5.91 Å². The fourth-order valence-electron chi connectivity index (χ4n) is 2.09. The topological polar surface area (TPSA) is 61.7 Å². The van der Waals surface area contributed by atoms with Crippen LogP contribution in [0.2, 0.25) is 5.02 Å². The normalized spacial score (nSPS) is 14.3. The van der Waals surface area contributed by atoms with Crippen molar-refractivity contribution in [3.8, 4) is 0 Å². The molecule has 0 bridgehead atoms. The number of aromatic nitrogens is 1. The van der Waals surface area contributed by atoms with E-state index in [1.165, 1.54) is 0 Å². The zero-order valence-electron chi connectivity index (χ0n) is 13.1. The van der Waals surface area contributed by atoms with E-state index in [-0.39, 0.29) is 36.4 Å². The van der Waals surface area contributed by atoms with E-state index in [0.717, 1.165) is 18.5 Å². The van der Waals surface area contributed by atoms with Gasteiger partial charge in [0.05, 0.1) is 18.1 Å². The minimum Gasteiger partial charge on any atom is -0.352 e. The third-order valence-corrected chi connectivity index (χ3v) is 3.60. The number of guanidine groups is 1. The molecule has 2 rings (SSSR count). The first-order chi connectivity index (χ1) is 9.99. The second kappa shape index (κ2) is 8.61. The number of rotatable bonds is 5. The zero-order chi connectivity index (χ0) is 15.4. The van der Waals surface area contributed by atoms with E-state index in [1.807, 2.05) is 35.8 Å². The highest BCUT2D eigenvalue weighted by Crippen LogP contribution is 2.18. The molecule has 1 aromatic heterocycles. The molecule has 0 spiro atoms. The van der Waals surface area contributed by atoms with Crippen LogP contribution in [-0.2, 0) is 18.4 Å². The highest BCUT2D eigenvalue weighted by molar-refractivity contribution is 14.0. The third-order valence-electron chi connectivity index (χ3n) is 3.40. The summed E-state index contributed by atoms with van der Waals surface area (Å²) in [6.07, 6.45) is 4.05. The lowest BCUT2D eigenvalue weighted by molar-refractivity contribution is -0.120. The summed E-state index contributed by atoms with van der Waals surface area (Å²) in [6.45, 7) is 0.897. The summed E-state index contributed by atoms with van der Waals surface area (Å²) >= 11 is 5.98. The van der Waals surface area contributed by atoms with Crippen LogP contribution in [0.5, 0.6) is 0 Å². The van der Waals surface area contributed by atoms with Crippen LogP contribution >= 0.6 is 35.6 Å². The average Bonchev–Trinajstić information content (AvgIpc) is 3.16. The van der Waals surface area contributed by atoms with Gasteiger partial charge in [-0.15, -0.1) is 24.0 Å². The summed E-state index contributed by atoms with van der Waals surface area (Å²) in [7, 11) is 5.58. The Morgan fingerprint density at radius 1 is 1.55 bits per heavy atom.